The number of nitrogens with zero attached hydrogens (tertiary/aromatic N) is 1. The van der Waals surface area contributed by atoms with Gasteiger partial charge in [-0.15, -0.1) is 0 Å². The average molecular weight is 194 g/mol. The predicted molar refractivity (Wildman–Crippen MR) is 45.6 cm³/mol. The van der Waals surface area contributed by atoms with Gasteiger partial charge >= 0.3 is 0 Å². The van der Waals surface area contributed by atoms with Gasteiger partial charge in [-0.25, -0.2) is 0 Å². The molecule has 0 radical (unpaired) electrons. The van der Waals surface area contributed by atoms with Crippen LogP contribution >= 0.6 is 0 Å². The fraction of sp³-hybridized carbons (Fsp3) is 1.00. The van der Waals surface area contributed by atoms with Crippen LogP contribution in [0.25, 0.3) is 0 Å². The summed E-state index contributed by atoms with van der Waals surface area (Å²) in [5.74, 6) is 0. The van der Waals surface area contributed by atoms with E-state index in [0.717, 1.165) is 0 Å². The number of nitrogens with two attached hydrogens (primary N) is 1. The Morgan fingerprint density at radius 1 is 1.42 bits per heavy atom. The minimum Gasteiger partial charge on any atom is -0.318 e. The smallest absolute Gasteiger partial charge is 0.280 e. The molecule has 72 valence electrons. The van der Waals surface area contributed by atoms with Crippen molar-refractivity contribution in [3.8, 4) is 0 Å². The van der Waals surface area contributed by atoms with Crippen molar-refractivity contribution in [2.24, 2.45) is 5.73 Å². The van der Waals surface area contributed by atoms with Gasteiger partial charge in [0.2, 0.25) is 0 Å². The molecule has 0 aliphatic carbocycles. The van der Waals surface area contributed by atoms with Crippen LogP contribution in [0.15, 0.2) is 0 Å². The number of hydrogen-bond donors (Lipinski definition) is 3. The first-order chi connectivity index (χ1) is 5.67. The average Bonchev–Trinajstić information content (AvgIpc) is 2.06. The molecule has 1 heterocycles. The molecule has 0 spiro atoms. The lowest BCUT2D eigenvalue weighted by atomic mass is 10.4. The zero-order valence-corrected chi connectivity index (χ0v) is 7.60. The molecule has 1 saturated heterocycles. The largest absolute Gasteiger partial charge is 0.318 e. The van der Waals surface area contributed by atoms with Crippen LogP contribution < -0.4 is 15.8 Å². The number of nitrogens with one attached hydrogen (secondary N) is 2. The Bertz CT molecular complexity index is 222. The normalized spacial score (nSPS) is 21.1. The Hall–Kier alpha value is -0.210. The van der Waals surface area contributed by atoms with E-state index in [1.807, 2.05) is 0 Å². The first kappa shape index (κ1) is 9.87. The molecule has 0 aromatic carbocycles. The van der Waals surface area contributed by atoms with Crippen LogP contribution in [0.5, 0.6) is 0 Å². The Morgan fingerprint density at radius 3 is 2.50 bits per heavy atom. The third-order valence-electron chi connectivity index (χ3n) is 1.68. The van der Waals surface area contributed by atoms with Crippen molar-refractivity contribution >= 4 is 10.2 Å². The maximum absolute atomic E-state index is 11.3. The lowest BCUT2D eigenvalue weighted by Crippen LogP contribution is -2.51. The molecular formula is C5H14N4O2S. The Kier molecular flexibility index (Phi) is 3.41. The van der Waals surface area contributed by atoms with E-state index in [1.165, 1.54) is 4.31 Å². The molecule has 0 aromatic rings. The molecule has 0 amide bonds. The van der Waals surface area contributed by atoms with Crippen molar-refractivity contribution in [3.63, 3.8) is 0 Å². The van der Waals surface area contributed by atoms with Crippen LogP contribution in [0.3, 0.4) is 0 Å². The Balaban J connectivity index is 2.54. The molecular weight excluding hydrogens is 180 g/mol. The second-order valence-electron chi connectivity index (χ2n) is 2.50. The first-order valence-corrected chi connectivity index (χ1v) is 5.26. The number of hydrogen-bond acceptors (Lipinski definition) is 4. The SMILES string of the molecule is NCNS(=O)(=O)N1CCNCC1. The van der Waals surface area contributed by atoms with Crippen molar-refractivity contribution in [3.05, 3.63) is 0 Å². The van der Waals surface area contributed by atoms with E-state index in [0.29, 0.717) is 26.2 Å². The first-order valence-electron chi connectivity index (χ1n) is 3.82. The van der Waals surface area contributed by atoms with Gasteiger partial charge in [0, 0.05) is 26.2 Å². The van der Waals surface area contributed by atoms with Crippen LogP contribution in [0, 0.1) is 0 Å². The van der Waals surface area contributed by atoms with E-state index in [-0.39, 0.29) is 6.67 Å². The third kappa shape index (κ3) is 2.39. The summed E-state index contributed by atoms with van der Waals surface area (Å²) in [5.41, 5.74) is 5.09. The van der Waals surface area contributed by atoms with Crippen molar-refractivity contribution in [2.75, 3.05) is 32.8 Å². The zero-order chi connectivity index (χ0) is 9.03. The maximum atomic E-state index is 11.3. The highest BCUT2D eigenvalue weighted by Gasteiger charge is 2.22. The molecule has 0 bridgehead atoms. The highest BCUT2D eigenvalue weighted by molar-refractivity contribution is 7.87. The number of rotatable bonds is 3. The van der Waals surface area contributed by atoms with Crippen LogP contribution in [-0.2, 0) is 10.2 Å². The van der Waals surface area contributed by atoms with Gasteiger partial charge in [0.05, 0.1) is 6.67 Å². The van der Waals surface area contributed by atoms with Gasteiger partial charge in [0.1, 0.15) is 0 Å². The summed E-state index contributed by atoms with van der Waals surface area (Å²) in [7, 11) is -3.32. The molecule has 1 aliphatic rings. The van der Waals surface area contributed by atoms with Gasteiger partial charge in [-0.3, -0.25) is 0 Å². The summed E-state index contributed by atoms with van der Waals surface area (Å²) < 4.78 is 26.2. The highest BCUT2D eigenvalue weighted by Crippen LogP contribution is 1.98. The highest BCUT2D eigenvalue weighted by atomic mass is 32.2. The van der Waals surface area contributed by atoms with E-state index in [9.17, 15) is 8.42 Å². The fourth-order valence-corrected chi connectivity index (χ4v) is 2.14. The minimum absolute atomic E-state index is 0.0493. The van der Waals surface area contributed by atoms with Gasteiger partial charge < -0.3 is 11.1 Å². The van der Waals surface area contributed by atoms with Crippen LogP contribution in [0.4, 0.5) is 0 Å². The van der Waals surface area contributed by atoms with Gasteiger partial charge in [-0.2, -0.15) is 17.4 Å². The maximum Gasteiger partial charge on any atom is 0.280 e. The van der Waals surface area contributed by atoms with Crippen LogP contribution in [0.2, 0.25) is 0 Å². The van der Waals surface area contributed by atoms with Gasteiger partial charge in [0.15, 0.2) is 0 Å². The molecule has 12 heavy (non-hydrogen) atoms. The van der Waals surface area contributed by atoms with E-state index >= 15 is 0 Å². The molecule has 1 rings (SSSR count). The van der Waals surface area contributed by atoms with Gasteiger partial charge in [-0.05, 0) is 0 Å². The second kappa shape index (κ2) is 4.15. The molecule has 1 aliphatic heterocycles. The molecule has 0 saturated carbocycles. The molecule has 0 unspecified atom stereocenters. The summed E-state index contributed by atoms with van der Waals surface area (Å²) in [6, 6.07) is 0. The number of piperazine rings is 1. The van der Waals surface area contributed by atoms with Crippen LogP contribution in [-0.4, -0.2) is 45.6 Å². The van der Waals surface area contributed by atoms with E-state index in [2.05, 4.69) is 10.0 Å². The van der Waals surface area contributed by atoms with Crippen molar-refractivity contribution in [2.45, 2.75) is 0 Å². The van der Waals surface area contributed by atoms with Gasteiger partial charge in [0.25, 0.3) is 10.2 Å². The standard InChI is InChI=1S/C5H14N4O2S/c6-5-8-12(10,11)9-3-1-7-2-4-9/h7-8H,1-6H2. The third-order valence-corrected chi connectivity index (χ3v) is 3.26. The zero-order valence-electron chi connectivity index (χ0n) is 6.78. The summed E-state index contributed by atoms with van der Waals surface area (Å²) in [4.78, 5) is 0. The van der Waals surface area contributed by atoms with Crippen molar-refractivity contribution < 1.29 is 8.42 Å². The van der Waals surface area contributed by atoms with E-state index < -0.39 is 10.2 Å². The second-order valence-corrected chi connectivity index (χ2v) is 4.26. The summed E-state index contributed by atoms with van der Waals surface area (Å²) in [6.07, 6.45) is 0. The van der Waals surface area contributed by atoms with Gasteiger partial charge in [-0.1, -0.05) is 0 Å². The minimum atomic E-state index is -3.32. The molecule has 7 heteroatoms. The molecule has 1 fully saturated rings. The monoisotopic (exact) mass is 194 g/mol. The van der Waals surface area contributed by atoms with Crippen molar-refractivity contribution in [1.82, 2.24) is 14.3 Å². The molecule has 6 nitrogen and oxygen atoms in total. The lowest BCUT2D eigenvalue weighted by Gasteiger charge is -2.26. The molecule has 4 N–H and O–H groups in total. The molecule has 0 atom stereocenters. The van der Waals surface area contributed by atoms with Crippen LogP contribution in [0.1, 0.15) is 0 Å². The summed E-state index contributed by atoms with van der Waals surface area (Å²) in [6.45, 7) is 2.37. The lowest BCUT2D eigenvalue weighted by molar-refractivity contribution is 0.355. The fourth-order valence-electron chi connectivity index (χ4n) is 1.08. The Labute approximate surface area is 72.3 Å². The Morgan fingerprint density at radius 2 is 2.00 bits per heavy atom. The quantitative estimate of drug-likeness (QED) is 0.439. The summed E-state index contributed by atoms with van der Waals surface area (Å²) in [5, 5.41) is 3.06. The summed E-state index contributed by atoms with van der Waals surface area (Å²) >= 11 is 0. The topological polar surface area (TPSA) is 87.5 Å². The van der Waals surface area contributed by atoms with Crippen molar-refractivity contribution in [1.29, 1.82) is 0 Å². The van der Waals surface area contributed by atoms with E-state index in [4.69, 9.17) is 5.73 Å². The molecule has 0 aromatic heterocycles. The van der Waals surface area contributed by atoms with E-state index in [1.54, 1.807) is 0 Å². The predicted octanol–water partition coefficient (Wildman–Crippen LogP) is -2.36.